The molecule has 1 fully saturated rings. The van der Waals surface area contributed by atoms with Gasteiger partial charge in [0.2, 0.25) is 5.91 Å². The first-order chi connectivity index (χ1) is 9.56. The van der Waals surface area contributed by atoms with Crippen LogP contribution in [-0.4, -0.2) is 75.2 Å². The molecule has 5 heteroatoms. The third-order valence-electron chi connectivity index (χ3n) is 3.92. The van der Waals surface area contributed by atoms with Crippen LogP contribution in [0, 0.1) is 0 Å². The Kier molecular flexibility index (Phi) is 8.11. The van der Waals surface area contributed by atoms with Gasteiger partial charge >= 0.3 is 0 Å². The third-order valence-corrected chi connectivity index (χ3v) is 3.92. The van der Waals surface area contributed by atoms with Crippen LogP contribution >= 0.6 is 0 Å². The molecule has 118 valence electrons. The molecule has 5 nitrogen and oxygen atoms in total. The van der Waals surface area contributed by atoms with Crippen molar-refractivity contribution in [3.63, 3.8) is 0 Å². The molecule has 1 heterocycles. The highest BCUT2D eigenvalue weighted by Crippen LogP contribution is 2.12. The van der Waals surface area contributed by atoms with E-state index in [0.29, 0.717) is 18.6 Å². The van der Waals surface area contributed by atoms with Gasteiger partial charge < -0.3 is 15.0 Å². The van der Waals surface area contributed by atoms with Gasteiger partial charge in [-0.15, -0.1) is 0 Å². The highest BCUT2D eigenvalue weighted by Gasteiger charge is 2.23. The van der Waals surface area contributed by atoms with Gasteiger partial charge in [0.1, 0.15) is 0 Å². The number of hydrogen-bond donors (Lipinski definition) is 1. The molecular weight excluding hydrogens is 254 g/mol. The van der Waals surface area contributed by atoms with Gasteiger partial charge in [-0.05, 0) is 19.3 Å². The van der Waals surface area contributed by atoms with Crippen LogP contribution in [0.25, 0.3) is 0 Å². The van der Waals surface area contributed by atoms with Gasteiger partial charge in [0, 0.05) is 46.4 Å². The van der Waals surface area contributed by atoms with Gasteiger partial charge in [-0.3, -0.25) is 9.69 Å². The van der Waals surface area contributed by atoms with Crippen molar-refractivity contribution in [3.05, 3.63) is 0 Å². The molecule has 1 aliphatic heterocycles. The largest absolute Gasteiger partial charge is 0.383 e. The van der Waals surface area contributed by atoms with Crippen molar-refractivity contribution in [2.75, 3.05) is 47.4 Å². The number of rotatable bonds is 8. The fourth-order valence-electron chi connectivity index (χ4n) is 2.69. The first kappa shape index (κ1) is 17.4. The fourth-order valence-corrected chi connectivity index (χ4v) is 2.69. The number of carbonyl (C=O) groups is 1. The van der Waals surface area contributed by atoms with Crippen molar-refractivity contribution < 1.29 is 9.53 Å². The molecule has 0 saturated carbocycles. The number of methoxy groups -OCH3 is 1. The van der Waals surface area contributed by atoms with Crippen LogP contribution in [-0.2, 0) is 9.53 Å². The topological polar surface area (TPSA) is 44.8 Å². The zero-order chi connectivity index (χ0) is 15.0. The molecule has 20 heavy (non-hydrogen) atoms. The van der Waals surface area contributed by atoms with Crippen LogP contribution in [0.1, 0.15) is 32.6 Å². The second-order valence-electron chi connectivity index (χ2n) is 5.95. The summed E-state index contributed by atoms with van der Waals surface area (Å²) in [6.07, 6.45) is 4.57. The van der Waals surface area contributed by atoms with Crippen LogP contribution in [0.3, 0.4) is 0 Å². The highest BCUT2D eigenvalue weighted by molar-refractivity contribution is 5.77. The van der Waals surface area contributed by atoms with Crippen LogP contribution in [0.2, 0.25) is 0 Å². The second kappa shape index (κ2) is 9.32. The Labute approximate surface area is 123 Å². The number of likely N-dealkylation sites (tertiary alicyclic amines) is 1. The van der Waals surface area contributed by atoms with E-state index in [2.05, 4.69) is 17.1 Å². The summed E-state index contributed by atoms with van der Waals surface area (Å²) in [4.78, 5) is 15.6. The maximum Gasteiger partial charge on any atom is 0.236 e. The molecule has 1 amide bonds. The van der Waals surface area contributed by atoms with Crippen molar-refractivity contribution in [2.45, 2.75) is 44.7 Å². The predicted octanol–water partition coefficient (Wildman–Crippen LogP) is 0.944. The maximum absolute atomic E-state index is 11.7. The van der Waals surface area contributed by atoms with E-state index in [1.54, 1.807) is 12.0 Å². The number of carbonyl (C=O) groups excluding carboxylic acids is 1. The first-order valence-corrected chi connectivity index (χ1v) is 7.74. The Morgan fingerprint density at radius 1 is 1.40 bits per heavy atom. The minimum absolute atomic E-state index is 0.194. The van der Waals surface area contributed by atoms with Crippen molar-refractivity contribution in [3.8, 4) is 0 Å². The zero-order valence-electron chi connectivity index (χ0n) is 13.5. The molecule has 0 aromatic rings. The Balaban J connectivity index is 2.28. The van der Waals surface area contributed by atoms with Crippen molar-refractivity contribution in [1.82, 2.24) is 15.1 Å². The average molecular weight is 285 g/mol. The summed E-state index contributed by atoms with van der Waals surface area (Å²) < 4.78 is 5.28. The maximum atomic E-state index is 11.7. The third kappa shape index (κ3) is 6.20. The average Bonchev–Trinajstić information content (AvgIpc) is 2.41. The molecule has 1 atom stereocenters. The minimum Gasteiger partial charge on any atom is -0.383 e. The minimum atomic E-state index is 0.194. The second-order valence-corrected chi connectivity index (χ2v) is 5.95. The highest BCUT2D eigenvalue weighted by atomic mass is 16.5. The van der Waals surface area contributed by atoms with Gasteiger partial charge in [-0.25, -0.2) is 0 Å². The Hall–Kier alpha value is -0.650. The van der Waals surface area contributed by atoms with Gasteiger partial charge in [0.25, 0.3) is 0 Å². The molecule has 0 aromatic heterocycles. The normalized spacial score (nSPS) is 19.0. The summed E-state index contributed by atoms with van der Waals surface area (Å²) in [5.74, 6) is 0.194. The predicted molar refractivity (Wildman–Crippen MR) is 81.9 cm³/mol. The molecule has 1 N–H and O–H groups in total. The van der Waals surface area contributed by atoms with E-state index < -0.39 is 0 Å². The van der Waals surface area contributed by atoms with Crippen LogP contribution in [0.4, 0.5) is 0 Å². The molecular formula is C15H31N3O2. The number of amides is 1. The lowest BCUT2D eigenvalue weighted by molar-refractivity contribution is -0.130. The summed E-state index contributed by atoms with van der Waals surface area (Å²) in [6, 6.07) is 1.03. The number of ether oxygens (including phenoxy) is 1. The van der Waals surface area contributed by atoms with E-state index in [1.165, 1.54) is 6.42 Å². The van der Waals surface area contributed by atoms with Crippen LogP contribution < -0.4 is 5.32 Å². The standard InChI is InChI=1S/C15H31N3O2/c1-5-6-14(12-20-4)16-13-7-9-18(10-8-13)11-15(19)17(2)3/h13-14,16H,5-12H2,1-4H3. The van der Waals surface area contributed by atoms with Gasteiger partial charge in [0.15, 0.2) is 0 Å². The number of nitrogens with zero attached hydrogens (tertiary/aromatic N) is 2. The molecule has 1 rings (SSSR count). The Morgan fingerprint density at radius 2 is 2.05 bits per heavy atom. The summed E-state index contributed by atoms with van der Waals surface area (Å²) in [5.41, 5.74) is 0. The quantitative estimate of drug-likeness (QED) is 0.721. The number of piperidine rings is 1. The summed E-state index contributed by atoms with van der Waals surface area (Å²) >= 11 is 0. The van der Waals surface area contributed by atoms with E-state index in [-0.39, 0.29) is 5.91 Å². The molecule has 0 aromatic carbocycles. The van der Waals surface area contributed by atoms with Crippen LogP contribution in [0.15, 0.2) is 0 Å². The molecule has 1 unspecified atom stereocenters. The monoisotopic (exact) mass is 285 g/mol. The Bertz CT molecular complexity index is 270. The lowest BCUT2D eigenvalue weighted by Gasteiger charge is -2.34. The lowest BCUT2D eigenvalue weighted by atomic mass is 10.0. The molecule has 0 radical (unpaired) electrons. The SMILES string of the molecule is CCCC(COC)NC1CCN(CC(=O)N(C)C)CC1. The molecule has 1 aliphatic rings. The Morgan fingerprint density at radius 3 is 2.55 bits per heavy atom. The molecule has 0 aliphatic carbocycles. The number of nitrogens with one attached hydrogen (secondary N) is 1. The van der Waals surface area contributed by atoms with E-state index >= 15 is 0 Å². The van der Waals surface area contributed by atoms with Crippen molar-refractivity contribution in [2.24, 2.45) is 0 Å². The smallest absolute Gasteiger partial charge is 0.236 e. The lowest BCUT2D eigenvalue weighted by Crippen LogP contribution is -2.49. The van der Waals surface area contributed by atoms with Crippen molar-refractivity contribution >= 4 is 5.91 Å². The summed E-state index contributed by atoms with van der Waals surface area (Å²) in [6.45, 7) is 5.55. The van der Waals surface area contributed by atoms with Gasteiger partial charge in [-0.2, -0.15) is 0 Å². The molecule has 0 spiro atoms. The van der Waals surface area contributed by atoms with E-state index in [9.17, 15) is 4.79 Å². The van der Waals surface area contributed by atoms with E-state index in [1.807, 2.05) is 14.1 Å². The molecule has 1 saturated heterocycles. The summed E-state index contributed by atoms with van der Waals surface area (Å²) in [7, 11) is 5.40. The van der Waals surface area contributed by atoms with Crippen molar-refractivity contribution in [1.29, 1.82) is 0 Å². The zero-order valence-corrected chi connectivity index (χ0v) is 13.5. The van der Waals surface area contributed by atoms with E-state index in [4.69, 9.17) is 4.74 Å². The van der Waals surface area contributed by atoms with Gasteiger partial charge in [-0.1, -0.05) is 13.3 Å². The number of likely N-dealkylation sites (N-methyl/N-ethyl adjacent to an activating group) is 1. The van der Waals surface area contributed by atoms with E-state index in [0.717, 1.165) is 39.0 Å². The van der Waals surface area contributed by atoms with Gasteiger partial charge in [0.05, 0.1) is 13.2 Å². The number of hydrogen-bond acceptors (Lipinski definition) is 4. The molecule has 0 bridgehead atoms. The summed E-state index contributed by atoms with van der Waals surface area (Å²) in [5, 5.41) is 3.71. The first-order valence-electron chi connectivity index (χ1n) is 7.74. The fraction of sp³-hybridized carbons (Fsp3) is 0.933. The van der Waals surface area contributed by atoms with Crippen LogP contribution in [0.5, 0.6) is 0 Å².